The maximum Gasteiger partial charge on any atom is 0.311 e. The molecule has 0 aliphatic carbocycles. The molecule has 120 valence electrons. The summed E-state index contributed by atoms with van der Waals surface area (Å²) in [6.07, 6.45) is -2.63. The highest BCUT2D eigenvalue weighted by Gasteiger charge is 2.40. The molecule has 0 amide bonds. The van der Waals surface area contributed by atoms with Crippen LogP contribution in [0.2, 0.25) is 0 Å². The maximum absolute atomic E-state index is 12.2. The first-order chi connectivity index (χ1) is 10.4. The minimum Gasteiger partial charge on any atom is -0.390 e. The lowest BCUT2D eigenvalue weighted by atomic mass is 10.1. The SMILES string of the molecule is CCC(O)[C@@H]1C[C@@H](O)[C@H](n2c(=O)sc3c(=O)[nH]c(N)nc32)O1. The lowest BCUT2D eigenvalue weighted by Gasteiger charge is -2.18. The zero-order valence-electron chi connectivity index (χ0n) is 11.7. The van der Waals surface area contributed by atoms with E-state index in [1.54, 1.807) is 6.92 Å². The van der Waals surface area contributed by atoms with Gasteiger partial charge in [0.2, 0.25) is 5.95 Å². The van der Waals surface area contributed by atoms with Crippen molar-refractivity contribution in [1.29, 1.82) is 0 Å². The third kappa shape index (κ3) is 2.33. The molecule has 3 rings (SSSR count). The molecule has 3 heterocycles. The minimum atomic E-state index is -0.999. The van der Waals surface area contributed by atoms with Gasteiger partial charge in [0.15, 0.2) is 11.9 Å². The average Bonchev–Trinajstić information content (AvgIpc) is 2.98. The Morgan fingerprint density at radius 1 is 1.59 bits per heavy atom. The quantitative estimate of drug-likeness (QED) is 0.574. The van der Waals surface area contributed by atoms with E-state index in [1.807, 2.05) is 0 Å². The number of H-pyrrole nitrogens is 1. The second-order valence-corrected chi connectivity index (χ2v) is 6.15. The van der Waals surface area contributed by atoms with Gasteiger partial charge >= 0.3 is 4.87 Å². The lowest BCUT2D eigenvalue weighted by Crippen LogP contribution is -2.28. The molecule has 10 heteroatoms. The first-order valence-electron chi connectivity index (χ1n) is 6.84. The van der Waals surface area contributed by atoms with Crippen LogP contribution in [0.25, 0.3) is 10.3 Å². The number of thiazole rings is 1. The van der Waals surface area contributed by atoms with E-state index >= 15 is 0 Å². The number of aromatic nitrogens is 3. The van der Waals surface area contributed by atoms with E-state index in [-0.39, 0.29) is 22.7 Å². The van der Waals surface area contributed by atoms with Gasteiger partial charge in [0, 0.05) is 6.42 Å². The van der Waals surface area contributed by atoms with Crippen molar-refractivity contribution in [2.24, 2.45) is 0 Å². The topological polar surface area (TPSA) is 143 Å². The van der Waals surface area contributed by atoms with Gasteiger partial charge in [0.05, 0.1) is 12.2 Å². The molecule has 0 radical (unpaired) electrons. The number of nitrogens with two attached hydrogens (primary N) is 1. The van der Waals surface area contributed by atoms with E-state index < -0.39 is 35.0 Å². The number of aliphatic hydroxyl groups excluding tert-OH is 2. The monoisotopic (exact) mass is 328 g/mol. The molecular formula is C12H16N4O5S. The van der Waals surface area contributed by atoms with Gasteiger partial charge in [-0.2, -0.15) is 4.98 Å². The summed E-state index contributed by atoms with van der Waals surface area (Å²) >= 11 is 0.710. The molecule has 0 saturated carbocycles. The molecule has 1 aliphatic rings. The first-order valence-corrected chi connectivity index (χ1v) is 7.66. The third-order valence-electron chi connectivity index (χ3n) is 3.71. The Bertz CT molecular complexity index is 812. The summed E-state index contributed by atoms with van der Waals surface area (Å²) in [5, 5.41) is 20.0. The fourth-order valence-corrected chi connectivity index (χ4v) is 3.44. The Labute approximate surface area is 128 Å². The number of hydrogen-bond acceptors (Lipinski definition) is 8. The normalized spacial score (nSPS) is 26.6. The number of aliphatic hydroxyl groups is 2. The Morgan fingerprint density at radius 3 is 3.00 bits per heavy atom. The van der Waals surface area contributed by atoms with Crippen molar-refractivity contribution in [2.75, 3.05) is 5.73 Å². The van der Waals surface area contributed by atoms with Gasteiger partial charge in [0.1, 0.15) is 10.8 Å². The molecule has 9 nitrogen and oxygen atoms in total. The molecule has 0 bridgehead atoms. The summed E-state index contributed by atoms with van der Waals surface area (Å²) in [7, 11) is 0. The van der Waals surface area contributed by atoms with Crippen molar-refractivity contribution in [1.82, 2.24) is 14.5 Å². The number of hydrogen-bond donors (Lipinski definition) is 4. The number of aromatic amines is 1. The fraction of sp³-hybridized carbons (Fsp3) is 0.583. The Kier molecular flexibility index (Phi) is 3.77. The number of nitrogen functional groups attached to an aromatic ring is 1. The van der Waals surface area contributed by atoms with Crippen LogP contribution < -0.4 is 16.2 Å². The van der Waals surface area contributed by atoms with Crippen molar-refractivity contribution in [3.63, 3.8) is 0 Å². The van der Waals surface area contributed by atoms with Crippen molar-refractivity contribution in [2.45, 2.75) is 44.3 Å². The molecule has 5 N–H and O–H groups in total. The van der Waals surface area contributed by atoms with E-state index in [1.165, 1.54) is 0 Å². The molecule has 1 unspecified atom stereocenters. The van der Waals surface area contributed by atoms with Crippen LogP contribution in [0.15, 0.2) is 9.59 Å². The molecule has 0 aromatic carbocycles. The number of fused-ring (bicyclic) bond motifs is 1. The summed E-state index contributed by atoms with van der Waals surface area (Å²) < 4.78 is 6.86. The standard InChI is InChI=1S/C12H16N4O5S/c1-2-4(17)6-3-5(18)10(21-6)16-8-7(22-12(16)20)9(19)15-11(13)14-8/h4-6,10,17-18H,2-3H2,1H3,(H3,13,14,15,19)/t4?,5-,6+,10-/m1/s1. The lowest BCUT2D eigenvalue weighted by molar-refractivity contribution is -0.0752. The molecule has 2 aromatic rings. The van der Waals surface area contributed by atoms with Gasteiger partial charge in [0.25, 0.3) is 5.56 Å². The second kappa shape index (κ2) is 5.47. The zero-order chi connectivity index (χ0) is 16.0. The maximum atomic E-state index is 12.2. The van der Waals surface area contributed by atoms with E-state index in [4.69, 9.17) is 10.5 Å². The summed E-state index contributed by atoms with van der Waals surface area (Å²) in [6.45, 7) is 1.79. The fourth-order valence-electron chi connectivity index (χ4n) is 2.59. The Morgan fingerprint density at radius 2 is 2.32 bits per heavy atom. The van der Waals surface area contributed by atoms with Crippen LogP contribution in [0.4, 0.5) is 5.95 Å². The van der Waals surface area contributed by atoms with Crippen LogP contribution in [0, 0.1) is 0 Å². The summed E-state index contributed by atoms with van der Waals surface area (Å²) in [6, 6.07) is 0. The van der Waals surface area contributed by atoms with Crippen molar-refractivity contribution in [3.05, 3.63) is 20.0 Å². The molecular weight excluding hydrogens is 312 g/mol. The number of nitrogens with one attached hydrogen (secondary N) is 1. The van der Waals surface area contributed by atoms with Crippen LogP contribution in [-0.4, -0.2) is 43.1 Å². The van der Waals surface area contributed by atoms with Crippen LogP contribution >= 0.6 is 11.3 Å². The highest BCUT2D eigenvalue weighted by Crippen LogP contribution is 2.32. The minimum absolute atomic E-state index is 0.0759. The van der Waals surface area contributed by atoms with Gasteiger partial charge in [-0.1, -0.05) is 18.3 Å². The number of anilines is 1. The van der Waals surface area contributed by atoms with Gasteiger partial charge in [-0.25, -0.2) is 0 Å². The van der Waals surface area contributed by atoms with Crippen LogP contribution in [0.3, 0.4) is 0 Å². The third-order valence-corrected chi connectivity index (χ3v) is 4.65. The van der Waals surface area contributed by atoms with Gasteiger partial charge in [-0.15, -0.1) is 0 Å². The van der Waals surface area contributed by atoms with Gasteiger partial charge < -0.3 is 20.7 Å². The Hall–Kier alpha value is -1.75. The summed E-state index contributed by atoms with van der Waals surface area (Å²) in [5.74, 6) is -0.123. The number of ether oxygens (including phenoxy) is 1. The average molecular weight is 328 g/mol. The summed E-state index contributed by atoms with van der Waals surface area (Å²) in [5.41, 5.74) is 5.08. The molecule has 1 fully saturated rings. The molecule has 2 aromatic heterocycles. The van der Waals surface area contributed by atoms with Crippen LogP contribution in [0.1, 0.15) is 26.0 Å². The first kappa shape index (κ1) is 15.2. The highest BCUT2D eigenvalue weighted by molar-refractivity contribution is 7.16. The van der Waals surface area contributed by atoms with Crippen LogP contribution in [-0.2, 0) is 4.74 Å². The number of nitrogens with zero attached hydrogens (tertiary/aromatic N) is 2. The largest absolute Gasteiger partial charge is 0.390 e. The smallest absolute Gasteiger partial charge is 0.311 e. The molecule has 4 atom stereocenters. The molecule has 1 aliphatic heterocycles. The van der Waals surface area contributed by atoms with Crippen LogP contribution in [0.5, 0.6) is 0 Å². The zero-order valence-corrected chi connectivity index (χ0v) is 12.5. The van der Waals surface area contributed by atoms with Gasteiger partial charge in [-0.3, -0.25) is 19.1 Å². The highest BCUT2D eigenvalue weighted by atomic mass is 32.1. The second-order valence-electron chi connectivity index (χ2n) is 5.19. The van der Waals surface area contributed by atoms with Crippen molar-refractivity contribution >= 4 is 27.6 Å². The van der Waals surface area contributed by atoms with Gasteiger partial charge in [-0.05, 0) is 6.42 Å². The molecule has 22 heavy (non-hydrogen) atoms. The van der Waals surface area contributed by atoms with E-state index in [9.17, 15) is 19.8 Å². The van der Waals surface area contributed by atoms with Crippen molar-refractivity contribution in [3.8, 4) is 0 Å². The van der Waals surface area contributed by atoms with E-state index in [0.717, 1.165) is 4.57 Å². The van der Waals surface area contributed by atoms with Crippen molar-refractivity contribution < 1.29 is 14.9 Å². The summed E-state index contributed by atoms with van der Waals surface area (Å²) in [4.78, 5) is 29.8. The predicted octanol–water partition coefficient (Wildman–Crippen LogP) is -0.852. The van der Waals surface area contributed by atoms with E-state index in [2.05, 4.69) is 9.97 Å². The van der Waals surface area contributed by atoms with E-state index in [0.29, 0.717) is 17.8 Å². The molecule has 0 spiro atoms. The number of rotatable bonds is 3. The molecule has 1 saturated heterocycles. The predicted molar refractivity (Wildman–Crippen MR) is 79.7 cm³/mol. The Balaban J connectivity index is 2.09.